The third-order valence-electron chi connectivity index (χ3n) is 3.41. The van der Waals surface area contributed by atoms with E-state index in [2.05, 4.69) is 14.9 Å². The molecular weight excluding hydrogens is 230 g/mol. The molecule has 18 heavy (non-hydrogen) atoms. The maximum absolute atomic E-state index is 10.6. The van der Waals surface area contributed by atoms with Gasteiger partial charge in [-0.3, -0.25) is 4.79 Å². The maximum atomic E-state index is 10.6. The van der Waals surface area contributed by atoms with Crippen molar-refractivity contribution in [3.05, 3.63) is 18.0 Å². The zero-order chi connectivity index (χ0) is 12.8. The summed E-state index contributed by atoms with van der Waals surface area (Å²) in [5, 5.41) is 9.18. The topological polar surface area (TPSA) is 66.3 Å². The fourth-order valence-electron chi connectivity index (χ4n) is 2.49. The van der Waals surface area contributed by atoms with Crippen LogP contribution in [0.4, 0.5) is 5.95 Å². The Kier molecular flexibility index (Phi) is 4.64. The van der Waals surface area contributed by atoms with Crippen molar-refractivity contribution in [2.75, 3.05) is 18.1 Å². The van der Waals surface area contributed by atoms with Gasteiger partial charge in [-0.15, -0.1) is 0 Å². The van der Waals surface area contributed by atoms with Crippen LogP contribution in [0, 0.1) is 0 Å². The standard InChI is InChI=1S/C13H19N3O2/c17-7-6-16(12-4-2-1-3-5-12)13-14-8-11(10-18)9-15-13/h8-10,12,17H,1-7H2. The first-order chi connectivity index (χ1) is 8.85. The first-order valence-corrected chi connectivity index (χ1v) is 6.50. The number of hydrogen-bond donors (Lipinski definition) is 1. The van der Waals surface area contributed by atoms with Gasteiger partial charge in [-0.2, -0.15) is 0 Å². The molecule has 0 unspecified atom stereocenters. The zero-order valence-electron chi connectivity index (χ0n) is 10.5. The summed E-state index contributed by atoms with van der Waals surface area (Å²) in [5.74, 6) is 0.613. The molecule has 1 aromatic rings. The van der Waals surface area contributed by atoms with Crippen LogP contribution in [0.1, 0.15) is 42.5 Å². The van der Waals surface area contributed by atoms with Gasteiger partial charge in [0.05, 0.1) is 12.2 Å². The summed E-state index contributed by atoms with van der Waals surface area (Å²) in [5.41, 5.74) is 0.478. The quantitative estimate of drug-likeness (QED) is 0.799. The highest BCUT2D eigenvalue weighted by Gasteiger charge is 2.22. The van der Waals surface area contributed by atoms with Gasteiger partial charge in [-0.1, -0.05) is 19.3 Å². The van der Waals surface area contributed by atoms with Crippen LogP contribution in [0.25, 0.3) is 0 Å². The predicted octanol–water partition coefficient (Wildman–Crippen LogP) is 1.42. The maximum Gasteiger partial charge on any atom is 0.225 e. The SMILES string of the molecule is O=Cc1cnc(N(CCO)C2CCCCC2)nc1. The van der Waals surface area contributed by atoms with Gasteiger partial charge in [0.25, 0.3) is 0 Å². The molecule has 0 aromatic carbocycles. The highest BCUT2D eigenvalue weighted by molar-refractivity contribution is 5.73. The number of aliphatic hydroxyl groups excluding tert-OH is 1. The van der Waals surface area contributed by atoms with E-state index < -0.39 is 0 Å². The lowest BCUT2D eigenvalue weighted by atomic mass is 9.94. The number of aromatic nitrogens is 2. The van der Waals surface area contributed by atoms with E-state index in [1.807, 2.05) is 0 Å². The molecule has 1 aliphatic carbocycles. The number of carbonyl (C=O) groups is 1. The van der Waals surface area contributed by atoms with Gasteiger partial charge >= 0.3 is 0 Å². The summed E-state index contributed by atoms with van der Waals surface area (Å²) in [6.07, 6.45) is 9.77. The molecule has 1 fully saturated rings. The van der Waals surface area contributed by atoms with Crippen LogP contribution < -0.4 is 4.90 Å². The summed E-state index contributed by atoms with van der Waals surface area (Å²) in [4.78, 5) is 21.1. The third kappa shape index (κ3) is 3.04. The number of hydrogen-bond acceptors (Lipinski definition) is 5. The van der Waals surface area contributed by atoms with E-state index in [9.17, 15) is 9.90 Å². The van der Waals surface area contributed by atoms with Crippen molar-refractivity contribution in [3.8, 4) is 0 Å². The molecular formula is C13H19N3O2. The Morgan fingerprint density at radius 1 is 1.28 bits per heavy atom. The molecule has 2 rings (SSSR count). The Morgan fingerprint density at radius 3 is 2.50 bits per heavy atom. The largest absolute Gasteiger partial charge is 0.395 e. The van der Waals surface area contributed by atoms with E-state index in [1.165, 1.54) is 31.7 Å². The lowest BCUT2D eigenvalue weighted by molar-refractivity contribution is 0.112. The average Bonchev–Trinajstić information content (AvgIpc) is 2.46. The molecule has 0 radical (unpaired) electrons. The minimum absolute atomic E-state index is 0.0926. The Hall–Kier alpha value is -1.49. The van der Waals surface area contributed by atoms with Crippen LogP contribution in [-0.4, -0.2) is 40.6 Å². The predicted molar refractivity (Wildman–Crippen MR) is 68.7 cm³/mol. The molecule has 0 aliphatic heterocycles. The second-order valence-electron chi connectivity index (χ2n) is 4.64. The van der Waals surface area contributed by atoms with Crippen LogP contribution in [0.3, 0.4) is 0 Å². The highest BCUT2D eigenvalue weighted by Crippen LogP contribution is 2.24. The van der Waals surface area contributed by atoms with Crippen molar-refractivity contribution in [1.82, 2.24) is 9.97 Å². The molecule has 98 valence electrons. The number of carbonyl (C=O) groups excluding carboxylic acids is 1. The van der Waals surface area contributed by atoms with E-state index in [0.717, 1.165) is 19.1 Å². The van der Waals surface area contributed by atoms with Gasteiger partial charge in [-0.25, -0.2) is 9.97 Å². The molecule has 0 bridgehead atoms. The summed E-state index contributed by atoms with van der Waals surface area (Å²) < 4.78 is 0. The van der Waals surface area contributed by atoms with E-state index in [-0.39, 0.29) is 6.61 Å². The first kappa shape index (κ1) is 13.0. The average molecular weight is 249 g/mol. The number of rotatable bonds is 5. The summed E-state index contributed by atoms with van der Waals surface area (Å²) in [7, 11) is 0. The molecule has 0 saturated heterocycles. The molecule has 5 nitrogen and oxygen atoms in total. The van der Waals surface area contributed by atoms with E-state index in [1.54, 1.807) is 0 Å². The van der Waals surface area contributed by atoms with Crippen LogP contribution in [-0.2, 0) is 0 Å². The second kappa shape index (κ2) is 6.44. The molecule has 1 aliphatic rings. The van der Waals surface area contributed by atoms with Gasteiger partial charge in [0.1, 0.15) is 0 Å². The Bertz CT molecular complexity index is 374. The fraction of sp³-hybridized carbons (Fsp3) is 0.615. The molecule has 1 N–H and O–H groups in total. The van der Waals surface area contributed by atoms with Gasteiger partial charge in [0.15, 0.2) is 6.29 Å². The second-order valence-corrected chi connectivity index (χ2v) is 4.64. The number of aliphatic hydroxyl groups is 1. The molecule has 1 heterocycles. The monoisotopic (exact) mass is 249 g/mol. The van der Waals surface area contributed by atoms with Crippen molar-refractivity contribution >= 4 is 12.2 Å². The van der Waals surface area contributed by atoms with Gasteiger partial charge in [0.2, 0.25) is 5.95 Å². The third-order valence-corrected chi connectivity index (χ3v) is 3.41. The van der Waals surface area contributed by atoms with Crippen molar-refractivity contribution in [3.63, 3.8) is 0 Å². The fourth-order valence-corrected chi connectivity index (χ4v) is 2.49. The van der Waals surface area contributed by atoms with Crippen LogP contribution in [0.2, 0.25) is 0 Å². The lowest BCUT2D eigenvalue weighted by Crippen LogP contribution is -2.40. The van der Waals surface area contributed by atoms with Gasteiger partial charge < -0.3 is 10.0 Å². The molecule has 0 amide bonds. The minimum atomic E-state index is 0.0926. The van der Waals surface area contributed by atoms with E-state index in [0.29, 0.717) is 24.1 Å². The minimum Gasteiger partial charge on any atom is -0.395 e. The Labute approximate surface area is 107 Å². The molecule has 5 heteroatoms. The van der Waals surface area contributed by atoms with Crippen LogP contribution in [0.15, 0.2) is 12.4 Å². The van der Waals surface area contributed by atoms with Gasteiger partial charge in [0, 0.05) is 25.0 Å². The Morgan fingerprint density at radius 2 is 1.94 bits per heavy atom. The normalized spacial score (nSPS) is 16.5. The first-order valence-electron chi connectivity index (χ1n) is 6.50. The van der Waals surface area contributed by atoms with Crippen molar-refractivity contribution < 1.29 is 9.90 Å². The Balaban J connectivity index is 2.13. The number of nitrogens with zero attached hydrogens (tertiary/aromatic N) is 3. The summed E-state index contributed by atoms with van der Waals surface area (Å²) in [6.45, 7) is 0.639. The summed E-state index contributed by atoms with van der Waals surface area (Å²) in [6, 6.07) is 0.410. The van der Waals surface area contributed by atoms with E-state index in [4.69, 9.17) is 0 Å². The lowest BCUT2D eigenvalue weighted by Gasteiger charge is -2.33. The zero-order valence-corrected chi connectivity index (χ0v) is 10.5. The molecule has 0 atom stereocenters. The van der Waals surface area contributed by atoms with Crippen LogP contribution >= 0.6 is 0 Å². The number of anilines is 1. The van der Waals surface area contributed by atoms with Crippen molar-refractivity contribution in [1.29, 1.82) is 0 Å². The van der Waals surface area contributed by atoms with Crippen molar-refractivity contribution in [2.24, 2.45) is 0 Å². The molecule has 1 aromatic heterocycles. The van der Waals surface area contributed by atoms with Crippen LogP contribution in [0.5, 0.6) is 0 Å². The summed E-state index contributed by atoms with van der Waals surface area (Å²) >= 11 is 0. The smallest absolute Gasteiger partial charge is 0.225 e. The van der Waals surface area contributed by atoms with Gasteiger partial charge in [-0.05, 0) is 12.8 Å². The highest BCUT2D eigenvalue weighted by atomic mass is 16.3. The van der Waals surface area contributed by atoms with E-state index >= 15 is 0 Å². The molecule has 0 spiro atoms. The number of aldehydes is 1. The van der Waals surface area contributed by atoms with Crippen molar-refractivity contribution in [2.45, 2.75) is 38.1 Å². The molecule has 1 saturated carbocycles.